The molecule has 0 spiro atoms. The van der Waals surface area contributed by atoms with Gasteiger partial charge in [0.05, 0.1) is 0 Å². The van der Waals surface area contributed by atoms with Crippen LogP contribution in [0.15, 0.2) is 29.8 Å². The van der Waals surface area contributed by atoms with Gasteiger partial charge in [0, 0.05) is 12.3 Å². The molecule has 0 saturated carbocycles. The molecule has 13 heavy (non-hydrogen) atoms. The van der Waals surface area contributed by atoms with Crippen LogP contribution in [0.4, 0.5) is 5.82 Å². The Bertz CT molecular complexity index is 258. The van der Waals surface area contributed by atoms with E-state index in [1.165, 1.54) is 0 Å². The summed E-state index contributed by atoms with van der Waals surface area (Å²) in [5, 5.41) is 12.1. The molecule has 0 atom stereocenters. The summed E-state index contributed by atoms with van der Waals surface area (Å²) in [6.45, 7) is 6.54. The van der Waals surface area contributed by atoms with Crippen LogP contribution in [0.25, 0.3) is 0 Å². The molecule has 1 heterocycles. The number of nitrogens with one attached hydrogen (secondary N) is 1. The molecule has 1 rings (SSSR count). The molecule has 0 aliphatic heterocycles. The van der Waals surface area contributed by atoms with Crippen molar-refractivity contribution in [2.24, 2.45) is 0 Å². The molecule has 0 aliphatic rings. The average molecular weight is 195 g/mol. The number of hydrogen-bond donors (Lipinski definition) is 1. The third-order valence-corrected chi connectivity index (χ3v) is 2.26. The van der Waals surface area contributed by atoms with Crippen LogP contribution in [-0.2, 0) is 0 Å². The summed E-state index contributed by atoms with van der Waals surface area (Å²) in [7, 11) is 0. The van der Waals surface area contributed by atoms with Crippen LogP contribution in [-0.4, -0.2) is 22.5 Å². The topological polar surface area (TPSA) is 37.8 Å². The van der Waals surface area contributed by atoms with Crippen molar-refractivity contribution in [1.29, 1.82) is 0 Å². The standard InChI is InChI=1S/C9H13N3S/c1-3-7-13-9-6-5-8(10-4-2)11-12-9/h3,5-6H,1,4,7H2,2H3,(H,10,11). The van der Waals surface area contributed by atoms with Crippen molar-refractivity contribution in [3.63, 3.8) is 0 Å². The number of nitrogens with zero attached hydrogens (tertiary/aromatic N) is 2. The Hall–Kier alpha value is -1.03. The normalized spacial score (nSPS) is 9.62. The predicted octanol–water partition coefficient (Wildman–Crippen LogP) is 2.19. The molecule has 0 bridgehead atoms. The van der Waals surface area contributed by atoms with E-state index in [0.717, 1.165) is 23.1 Å². The number of anilines is 1. The van der Waals surface area contributed by atoms with E-state index in [2.05, 4.69) is 22.1 Å². The minimum absolute atomic E-state index is 0.824. The van der Waals surface area contributed by atoms with Gasteiger partial charge in [0.15, 0.2) is 0 Å². The molecule has 0 unspecified atom stereocenters. The maximum atomic E-state index is 4.04. The van der Waals surface area contributed by atoms with Crippen LogP contribution in [0.2, 0.25) is 0 Å². The average Bonchev–Trinajstić information content (AvgIpc) is 2.17. The zero-order valence-corrected chi connectivity index (χ0v) is 8.47. The maximum Gasteiger partial charge on any atom is 0.148 e. The second kappa shape index (κ2) is 5.59. The van der Waals surface area contributed by atoms with Gasteiger partial charge in [-0.3, -0.25) is 0 Å². The smallest absolute Gasteiger partial charge is 0.148 e. The van der Waals surface area contributed by atoms with Crippen molar-refractivity contribution in [3.05, 3.63) is 24.8 Å². The van der Waals surface area contributed by atoms with Gasteiger partial charge in [-0.2, -0.15) is 0 Å². The van der Waals surface area contributed by atoms with Crippen molar-refractivity contribution < 1.29 is 0 Å². The van der Waals surface area contributed by atoms with Crippen molar-refractivity contribution in [2.75, 3.05) is 17.6 Å². The maximum absolute atomic E-state index is 4.04. The lowest BCUT2D eigenvalue weighted by molar-refractivity contribution is 0.925. The second-order valence-corrected chi connectivity index (χ2v) is 3.43. The molecular formula is C9H13N3S. The van der Waals surface area contributed by atoms with Crippen molar-refractivity contribution in [2.45, 2.75) is 11.9 Å². The fourth-order valence-electron chi connectivity index (χ4n) is 0.817. The Labute approximate surface area is 82.6 Å². The molecule has 3 nitrogen and oxygen atoms in total. The van der Waals surface area contributed by atoms with Gasteiger partial charge in [0.1, 0.15) is 10.8 Å². The van der Waals surface area contributed by atoms with Gasteiger partial charge in [-0.15, -0.1) is 28.5 Å². The van der Waals surface area contributed by atoms with Crippen molar-refractivity contribution >= 4 is 17.6 Å². The van der Waals surface area contributed by atoms with E-state index in [0.29, 0.717) is 0 Å². The molecule has 0 saturated heterocycles. The largest absolute Gasteiger partial charge is 0.369 e. The summed E-state index contributed by atoms with van der Waals surface area (Å²) in [6, 6.07) is 3.89. The lowest BCUT2D eigenvalue weighted by Crippen LogP contribution is -2.00. The SMILES string of the molecule is C=CCSc1ccc(NCC)nn1. The highest BCUT2D eigenvalue weighted by Crippen LogP contribution is 2.14. The molecule has 1 aromatic rings. The van der Waals surface area contributed by atoms with Crippen LogP contribution in [0.5, 0.6) is 0 Å². The van der Waals surface area contributed by atoms with Gasteiger partial charge in [-0.05, 0) is 19.1 Å². The lowest BCUT2D eigenvalue weighted by Gasteiger charge is -2.01. The summed E-state index contributed by atoms with van der Waals surface area (Å²) in [6.07, 6.45) is 1.85. The van der Waals surface area contributed by atoms with Gasteiger partial charge in [-0.1, -0.05) is 6.08 Å². The fraction of sp³-hybridized carbons (Fsp3) is 0.333. The van der Waals surface area contributed by atoms with Gasteiger partial charge in [0.25, 0.3) is 0 Å². The fourth-order valence-corrected chi connectivity index (χ4v) is 1.37. The number of rotatable bonds is 5. The van der Waals surface area contributed by atoms with Crippen LogP contribution in [0.3, 0.4) is 0 Å². The monoisotopic (exact) mass is 195 g/mol. The first-order valence-corrected chi connectivity index (χ1v) is 5.16. The zero-order chi connectivity index (χ0) is 9.52. The van der Waals surface area contributed by atoms with Gasteiger partial charge in [-0.25, -0.2) is 0 Å². The van der Waals surface area contributed by atoms with E-state index >= 15 is 0 Å². The van der Waals surface area contributed by atoms with Gasteiger partial charge < -0.3 is 5.32 Å². The Kier molecular flexibility index (Phi) is 4.32. The van der Waals surface area contributed by atoms with Crippen LogP contribution >= 0.6 is 11.8 Å². The molecule has 4 heteroatoms. The Morgan fingerprint density at radius 3 is 2.92 bits per heavy atom. The van der Waals surface area contributed by atoms with E-state index in [1.807, 2.05) is 25.1 Å². The summed E-state index contributed by atoms with van der Waals surface area (Å²) in [4.78, 5) is 0. The van der Waals surface area contributed by atoms with E-state index < -0.39 is 0 Å². The quantitative estimate of drug-likeness (QED) is 0.577. The highest BCUT2D eigenvalue weighted by atomic mass is 32.2. The van der Waals surface area contributed by atoms with Crippen LogP contribution in [0.1, 0.15) is 6.92 Å². The lowest BCUT2D eigenvalue weighted by atomic mass is 10.5. The molecule has 0 fully saturated rings. The first-order chi connectivity index (χ1) is 6.36. The third kappa shape index (κ3) is 3.46. The molecule has 1 aromatic heterocycles. The van der Waals surface area contributed by atoms with E-state index in [9.17, 15) is 0 Å². The van der Waals surface area contributed by atoms with Crippen molar-refractivity contribution in [1.82, 2.24) is 10.2 Å². The van der Waals surface area contributed by atoms with E-state index in [1.54, 1.807) is 11.8 Å². The number of thioether (sulfide) groups is 1. The minimum atomic E-state index is 0.824. The first kappa shape index (κ1) is 10.1. The number of hydrogen-bond acceptors (Lipinski definition) is 4. The number of aromatic nitrogens is 2. The molecule has 1 N–H and O–H groups in total. The van der Waals surface area contributed by atoms with Gasteiger partial charge >= 0.3 is 0 Å². The Morgan fingerprint density at radius 2 is 2.38 bits per heavy atom. The Balaban J connectivity index is 2.53. The summed E-state index contributed by atoms with van der Waals surface area (Å²) < 4.78 is 0. The predicted molar refractivity (Wildman–Crippen MR) is 57.1 cm³/mol. The minimum Gasteiger partial charge on any atom is -0.369 e. The Morgan fingerprint density at radius 1 is 1.54 bits per heavy atom. The molecule has 70 valence electrons. The second-order valence-electron chi connectivity index (χ2n) is 2.39. The highest BCUT2D eigenvalue weighted by Gasteiger charge is 1.95. The van der Waals surface area contributed by atoms with E-state index in [4.69, 9.17) is 0 Å². The summed E-state index contributed by atoms with van der Waals surface area (Å²) in [5.74, 6) is 1.69. The van der Waals surface area contributed by atoms with Crippen molar-refractivity contribution in [3.8, 4) is 0 Å². The van der Waals surface area contributed by atoms with Gasteiger partial charge in [0.2, 0.25) is 0 Å². The molecule has 0 aliphatic carbocycles. The molecule has 0 radical (unpaired) electrons. The van der Waals surface area contributed by atoms with Crippen LogP contribution in [0, 0.1) is 0 Å². The summed E-state index contributed by atoms with van der Waals surface area (Å²) >= 11 is 1.63. The molecule has 0 amide bonds. The highest BCUT2D eigenvalue weighted by molar-refractivity contribution is 7.99. The van der Waals surface area contributed by atoms with E-state index in [-0.39, 0.29) is 0 Å². The summed E-state index contributed by atoms with van der Waals surface area (Å²) in [5.41, 5.74) is 0. The first-order valence-electron chi connectivity index (χ1n) is 4.18. The zero-order valence-electron chi connectivity index (χ0n) is 7.66. The third-order valence-electron chi connectivity index (χ3n) is 1.35. The van der Waals surface area contributed by atoms with Crippen LogP contribution < -0.4 is 5.32 Å². The molecule has 0 aromatic carbocycles. The molecular weight excluding hydrogens is 182 g/mol.